The van der Waals surface area contributed by atoms with Crippen LogP contribution in [0, 0.1) is 0 Å². The summed E-state index contributed by atoms with van der Waals surface area (Å²) in [5.74, 6) is -1.97. The second-order valence-electron chi connectivity index (χ2n) is 4.99. The molecule has 2 aromatic carbocycles. The molecule has 0 bridgehead atoms. The maximum Gasteiger partial charge on any atom is 0.340 e. The summed E-state index contributed by atoms with van der Waals surface area (Å²) < 4.78 is 9.86. The van der Waals surface area contributed by atoms with E-state index in [0.29, 0.717) is 0 Å². The highest BCUT2D eigenvalue weighted by molar-refractivity contribution is 6.43. The Hall–Kier alpha value is -2.57. The molecule has 2 aromatic rings. The van der Waals surface area contributed by atoms with E-state index >= 15 is 0 Å². The van der Waals surface area contributed by atoms with Gasteiger partial charge < -0.3 is 14.8 Å². The van der Waals surface area contributed by atoms with Crippen LogP contribution in [-0.4, -0.2) is 31.1 Å². The van der Waals surface area contributed by atoms with Crippen molar-refractivity contribution >= 4 is 46.7 Å². The maximum absolute atomic E-state index is 12.0. The predicted octanol–water partition coefficient (Wildman–Crippen LogP) is 3.97. The third kappa shape index (κ3) is 4.97. The lowest BCUT2D eigenvalue weighted by molar-refractivity contribution is -0.119. The highest BCUT2D eigenvalue weighted by Crippen LogP contribution is 2.26. The first-order chi connectivity index (χ1) is 12.4. The molecule has 136 valence electrons. The van der Waals surface area contributed by atoms with Crippen LogP contribution < -0.4 is 5.32 Å². The van der Waals surface area contributed by atoms with Gasteiger partial charge in [0.2, 0.25) is 0 Å². The van der Waals surface area contributed by atoms with Gasteiger partial charge in [0.1, 0.15) is 0 Å². The van der Waals surface area contributed by atoms with Gasteiger partial charge in [0.25, 0.3) is 5.91 Å². The quantitative estimate of drug-likeness (QED) is 0.748. The molecule has 0 aliphatic carbocycles. The van der Waals surface area contributed by atoms with E-state index in [4.69, 9.17) is 32.7 Å². The number of amides is 1. The normalized spacial score (nSPS) is 10.1. The Morgan fingerprint density at radius 1 is 0.923 bits per heavy atom. The fourth-order valence-corrected chi connectivity index (χ4v) is 2.41. The monoisotopic (exact) mass is 395 g/mol. The van der Waals surface area contributed by atoms with Crippen LogP contribution in [0.15, 0.2) is 42.5 Å². The number of esters is 2. The van der Waals surface area contributed by atoms with E-state index in [1.807, 2.05) is 0 Å². The molecule has 0 radical (unpaired) electrons. The van der Waals surface area contributed by atoms with E-state index in [9.17, 15) is 14.4 Å². The van der Waals surface area contributed by atoms with Crippen LogP contribution in [0.3, 0.4) is 0 Å². The second-order valence-corrected chi connectivity index (χ2v) is 5.78. The van der Waals surface area contributed by atoms with Gasteiger partial charge in [0, 0.05) is 0 Å². The Morgan fingerprint density at radius 2 is 1.58 bits per heavy atom. The van der Waals surface area contributed by atoms with Crippen molar-refractivity contribution in [2.75, 3.05) is 18.5 Å². The van der Waals surface area contributed by atoms with Crippen molar-refractivity contribution in [3.63, 3.8) is 0 Å². The van der Waals surface area contributed by atoms with Gasteiger partial charge in [-0.25, -0.2) is 9.59 Å². The summed E-state index contributed by atoms with van der Waals surface area (Å²) in [5.41, 5.74) is 0.513. The van der Waals surface area contributed by atoms with Crippen molar-refractivity contribution in [2.24, 2.45) is 0 Å². The first-order valence-corrected chi connectivity index (χ1v) is 8.36. The van der Waals surface area contributed by atoms with Gasteiger partial charge in [-0.1, -0.05) is 41.4 Å². The zero-order valence-electron chi connectivity index (χ0n) is 13.8. The third-order valence-corrected chi connectivity index (χ3v) is 4.02. The lowest BCUT2D eigenvalue weighted by atomic mass is 10.2. The average Bonchev–Trinajstić information content (AvgIpc) is 2.62. The van der Waals surface area contributed by atoms with Crippen LogP contribution in [0.4, 0.5) is 5.69 Å². The standard InChI is InChI=1S/C18H15Cl2NO5/c1-2-25-17(23)11-6-3-4-9-14(11)21-15(22)10-26-18(24)12-7-5-8-13(19)16(12)20/h3-9H,2,10H2,1H3,(H,21,22). The van der Waals surface area contributed by atoms with Crippen molar-refractivity contribution in [1.82, 2.24) is 0 Å². The molecule has 6 nitrogen and oxygen atoms in total. The van der Waals surface area contributed by atoms with Crippen LogP contribution in [-0.2, 0) is 14.3 Å². The lowest BCUT2D eigenvalue weighted by Gasteiger charge is -2.11. The van der Waals surface area contributed by atoms with Gasteiger partial charge >= 0.3 is 11.9 Å². The minimum absolute atomic E-state index is 0.0484. The number of hydrogen-bond donors (Lipinski definition) is 1. The molecule has 26 heavy (non-hydrogen) atoms. The van der Waals surface area contributed by atoms with E-state index < -0.39 is 24.5 Å². The van der Waals surface area contributed by atoms with Crippen LogP contribution >= 0.6 is 23.2 Å². The predicted molar refractivity (Wildman–Crippen MR) is 97.8 cm³/mol. The first kappa shape index (κ1) is 19.8. The van der Waals surface area contributed by atoms with Crippen LogP contribution in [0.2, 0.25) is 10.0 Å². The Bertz CT molecular complexity index is 838. The Balaban J connectivity index is 2.00. The Labute approximate surface area is 160 Å². The molecule has 2 rings (SSSR count). The molecule has 0 saturated carbocycles. The Kier molecular flexibility index (Phi) is 7.00. The summed E-state index contributed by atoms with van der Waals surface area (Å²) in [4.78, 5) is 35.9. The summed E-state index contributed by atoms with van der Waals surface area (Å²) in [6.45, 7) is 1.33. The van der Waals surface area contributed by atoms with Crippen molar-refractivity contribution in [2.45, 2.75) is 6.92 Å². The van der Waals surface area contributed by atoms with Gasteiger partial charge in [0.15, 0.2) is 6.61 Å². The highest BCUT2D eigenvalue weighted by atomic mass is 35.5. The fraction of sp³-hybridized carbons (Fsp3) is 0.167. The topological polar surface area (TPSA) is 81.7 Å². The molecule has 0 heterocycles. The van der Waals surface area contributed by atoms with Crippen molar-refractivity contribution in [3.8, 4) is 0 Å². The van der Waals surface area contributed by atoms with Crippen molar-refractivity contribution in [1.29, 1.82) is 0 Å². The molecule has 8 heteroatoms. The van der Waals surface area contributed by atoms with Gasteiger partial charge in [-0.15, -0.1) is 0 Å². The number of rotatable bonds is 6. The summed E-state index contributed by atoms with van der Waals surface area (Å²) in [6.07, 6.45) is 0. The van der Waals surface area contributed by atoms with Gasteiger partial charge in [-0.05, 0) is 31.2 Å². The number of para-hydroxylation sites is 1. The summed E-state index contributed by atoms with van der Waals surface area (Å²) >= 11 is 11.8. The van der Waals surface area contributed by atoms with Crippen LogP contribution in [0.5, 0.6) is 0 Å². The number of carbonyl (C=O) groups is 3. The third-order valence-electron chi connectivity index (χ3n) is 3.20. The number of ether oxygens (including phenoxy) is 2. The highest BCUT2D eigenvalue weighted by Gasteiger charge is 2.17. The van der Waals surface area contributed by atoms with Crippen LogP contribution in [0.25, 0.3) is 0 Å². The van der Waals surface area contributed by atoms with Crippen LogP contribution in [0.1, 0.15) is 27.6 Å². The minimum Gasteiger partial charge on any atom is -0.462 e. The summed E-state index contributed by atoms with van der Waals surface area (Å²) in [5, 5.41) is 2.76. The van der Waals surface area contributed by atoms with E-state index in [1.165, 1.54) is 18.2 Å². The molecule has 1 amide bonds. The average molecular weight is 396 g/mol. The smallest absolute Gasteiger partial charge is 0.340 e. The molecule has 1 N–H and O–H groups in total. The number of nitrogens with one attached hydrogen (secondary N) is 1. The molecule has 0 aromatic heterocycles. The molecule has 0 aliphatic heterocycles. The largest absolute Gasteiger partial charge is 0.462 e. The SMILES string of the molecule is CCOC(=O)c1ccccc1NC(=O)COC(=O)c1cccc(Cl)c1Cl. The van der Waals surface area contributed by atoms with E-state index in [1.54, 1.807) is 31.2 Å². The summed E-state index contributed by atoms with van der Waals surface area (Å²) in [6, 6.07) is 10.9. The number of carbonyl (C=O) groups excluding carboxylic acids is 3. The van der Waals surface area contributed by atoms with Gasteiger partial charge in [0.05, 0.1) is 33.5 Å². The molecule has 0 spiro atoms. The molecule has 0 fully saturated rings. The number of hydrogen-bond acceptors (Lipinski definition) is 5. The molecule has 0 aliphatic rings. The van der Waals surface area contributed by atoms with E-state index in [2.05, 4.69) is 5.32 Å². The molecular formula is C18H15Cl2NO5. The van der Waals surface area contributed by atoms with E-state index in [0.717, 1.165) is 0 Å². The minimum atomic E-state index is -0.786. The van der Waals surface area contributed by atoms with Gasteiger partial charge in [-0.2, -0.15) is 0 Å². The molecule has 0 atom stereocenters. The molecule has 0 saturated heterocycles. The first-order valence-electron chi connectivity index (χ1n) is 7.61. The summed E-state index contributed by atoms with van der Waals surface area (Å²) in [7, 11) is 0. The molecule has 0 unspecified atom stereocenters. The van der Waals surface area contributed by atoms with Gasteiger partial charge in [-0.3, -0.25) is 4.79 Å². The van der Waals surface area contributed by atoms with Crippen molar-refractivity contribution < 1.29 is 23.9 Å². The van der Waals surface area contributed by atoms with E-state index in [-0.39, 0.29) is 33.5 Å². The maximum atomic E-state index is 12.0. The second kappa shape index (κ2) is 9.22. The zero-order valence-corrected chi connectivity index (χ0v) is 15.3. The number of anilines is 1. The zero-order chi connectivity index (χ0) is 19.1. The van der Waals surface area contributed by atoms with Crippen molar-refractivity contribution in [3.05, 3.63) is 63.6 Å². The Morgan fingerprint density at radius 3 is 2.31 bits per heavy atom. The fourth-order valence-electron chi connectivity index (χ4n) is 2.04. The number of halogens is 2. The lowest BCUT2D eigenvalue weighted by Crippen LogP contribution is -2.22. The number of benzene rings is 2. The molecular weight excluding hydrogens is 381 g/mol.